The number of hydrogen-bond donors (Lipinski definition) is 3. The van der Waals surface area contributed by atoms with Crippen molar-refractivity contribution in [3.8, 4) is 5.75 Å². The van der Waals surface area contributed by atoms with Crippen molar-refractivity contribution in [1.29, 1.82) is 0 Å². The molecule has 3 N–H and O–H groups in total. The van der Waals surface area contributed by atoms with E-state index in [-0.39, 0.29) is 10.7 Å². The highest BCUT2D eigenvalue weighted by Crippen LogP contribution is 2.29. The second-order valence-corrected chi connectivity index (χ2v) is 7.92. The van der Waals surface area contributed by atoms with Crippen molar-refractivity contribution in [3.05, 3.63) is 88.5 Å². The summed E-state index contributed by atoms with van der Waals surface area (Å²) in [7, 11) is 1.46. The average molecular weight is 497 g/mol. The van der Waals surface area contributed by atoms with Crippen molar-refractivity contribution in [2.75, 3.05) is 23.2 Å². The monoisotopic (exact) mass is 496 g/mol. The van der Waals surface area contributed by atoms with Crippen LogP contribution in [-0.4, -0.2) is 29.5 Å². The summed E-state index contributed by atoms with van der Waals surface area (Å²) in [5.41, 5.74) is 3.82. The Hall–Kier alpha value is -4.01. The number of halogens is 2. The Morgan fingerprint density at radius 1 is 0.794 bits per heavy atom. The van der Waals surface area contributed by atoms with Crippen LogP contribution in [0.2, 0.25) is 10.0 Å². The van der Waals surface area contributed by atoms with Gasteiger partial charge in [0.05, 0.1) is 17.2 Å². The van der Waals surface area contributed by atoms with E-state index < -0.39 is 17.7 Å². The van der Waals surface area contributed by atoms with Gasteiger partial charge in [-0.05, 0) is 42.5 Å². The number of carbonyl (C=O) groups excluding carboxylic acids is 3. The first-order valence-electron chi connectivity index (χ1n) is 9.99. The van der Waals surface area contributed by atoms with Crippen LogP contribution >= 0.6 is 23.2 Å². The quantitative estimate of drug-likeness (QED) is 0.341. The third-order valence-electron chi connectivity index (χ3n) is 4.87. The molecule has 0 aliphatic heterocycles. The molecule has 172 valence electrons. The maximum Gasteiger partial charge on any atom is 0.328 e. The number of carbonyl (C=O) groups is 3. The van der Waals surface area contributed by atoms with Crippen LogP contribution in [0.5, 0.6) is 5.75 Å². The van der Waals surface area contributed by atoms with Crippen molar-refractivity contribution in [2.45, 2.75) is 0 Å². The lowest BCUT2D eigenvalue weighted by Crippen LogP contribution is -2.36. The topological polar surface area (TPSA) is 101 Å². The molecule has 4 aromatic rings. The minimum absolute atomic E-state index is 0.0615. The van der Waals surface area contributed by atoms with Gasteiger partial charge in [0.25, 0.3) is 5.91 Å². The van der Waals surface area contributed by atoms with Gasteiger partial charge in [-0.15, -0.1) is 0 Å². The number of nitrogens with zero attached hydrogens (tertiary/aromatic N) is 1. The fourth-order valence-corrected chi connectivity index (χ4v) is 3.60. The number of benzene rings is 3. The smallest absolute Gasteiger partial charge is 0.328 e. The van der Waals surface area contributed by atoms with Gasteiger partial charge in [-0.25, -0.2) is 4.68 Å². The molecule has 34 heavy (non-hydrogen) atoms. The van der Waals surface area contributed by atoms with Gasteiger partial charge in [-0.1, -0.05) is 53.5 Å². The Morgan fingerprint density at radius 2 is 1.56 bits per heavy atom. The minimum atomic E-state index is -0.976. The summed E-state index contributed by atoms with van der Waals surface area (Å²) in [6, 6.07) is 19.9. The highest BCUT2D eigenvalue weighted by Gasteiger charge is 2.23. The van der Waals surface area contributed by atoms with Crippen LogP contribution in [0.15, 0.2) is 72.8 Å². The molecule has 4 rings (SSSR count). The Morgan fingerprint density at radius 3 is 2.26 bits per heavy atom. The molecule has 1 heterocycles. The van der Waals surface area contributed by atoms with E-state index in [0.717, 1.165) is 0 Å². The molecule has 0 aliphatic rings. The summed E-state index contributed by atoms with van der Waals surface area (Å²) in [5, 5.41) is 6.45. The SMILES string of the molecule is COc1cccc2cc(C(=O)Nc3ccc(Cl)c(Cl)c3)n(NC(=O)C(=O)Nc3ccccc3)c12. The lowest BCUT2D eigenvalue weighted by Gasteiger charge is -2.14. The van der Waals surface area contributed by atoms with Crippen molar-refractivity contribution >= 4 is 63.2 Å². The summed E-state index contributed by atoms with van der Waals surface area (Å²) in [5.74, 6) is -2.04. The molecule has 0 atom stereocenters. The Bertz CT molecular complexity index is 1400. The Balaban J connectivity index is 1.68. The minimum Gasteiger partial charge on any atom is -0.494 e. The molecule has 1 aromatic heterocycles. The Labute approximate surface area is 204 Å². The largest absolute Gasteiger partial charge is 0.494 e. The fraction of sp³-hybridized carbons (Fsp3) is 0.0417. The van der Waals surface area contributed by atoms with Gasteiger partial charge >= 0.3 is 11.8 Å². The molecular weight excluding hydrogens is 479 g/mol. The second kappa shape index (κ2) is 9.86. The number of aromatic nitrogens is 1. The highest BCUT2D eigenvalue weighted by atomic mass is 35.5. The number of ether oxygens (including phenoxy) is 1. The van der Waals surface area contributed by atoms with E-state index in [4.69, 9.17) is 27.9 Å². The van der Waals surface area contributed by atoms with Crippen molar-refractivity contribution < 1.29 is 19.1 Å². The number of rotatable bonds is 5. The molecule has 0 saturated heterocycles. The molecule has 0 bridgehead atoms. The van der Waals surface area contributed by atoms with Gasteiger partial charge in [0, 0.05) is 16.8 Å². The van der Waals surface area contributed by atoms with Gasteiger partial charge in [0.1, 0.15) is 17.0 Å². The van der Waals surface area contributed by atoms with Crippen molar-refractivity contribution in [3.63, 3.8) is 0 Å². The summed E-state index contributed by atoms with van der Waals surface area (Å²) < 4.78 is 6.63. The number of fused-ring (bicyclic) bond motifs is 1. The lowest BCUT2D eigenvalue weighted by atomic mass is 10.2. The zero-order chi connectivity index (χ0) is 24.2. The van der Waals surface area contributed by atoms with Crippen LogP contribution in [0.1, 0.15) is 10.5 Å². The van der Waals surface area contributed by atoms with E-state index in [2.05, 4.69) is 16.1 Å². The second-order valence-electron chi connectivity index (χ2n) is 7.11. The number of para-hydroxylation sites is 2. The maximum absolute atomic E-state index is 13.1. The first-order chi connectivity index (χ1) is 16.4. The van der Waals surface area contributed by atoms with Crippen LogP contribution < -0.4 is 20.8 Å². The molecule has 0 spiro atoms. The van der Waals surface area contributed by atoms with Crippen LogP contribution in [0.3, 0.4) is 0 Å². The predicted octanol–water partition coefficient (Wildman–Crippen LogP) is 4.92. The number of anilines is 2. The maximum atomic E-state index is 13.1. The molecule has 3 aromatic carbocycles. The molecule has 8 nitrogen and oxygen atoms in total. The third-order valence-corrected chi connectivity index (χ3v) is 5.61. The predicted molar refractivity (Wildman–Crippen MR) is 132 cm³/mol. The zero-order valence-corrected chi connectivity index (χ0v) is 19.3. The first-order valence-corrected chi connectivity index (χ1v) is 10.7. The van der Waals surface area contributed by atoms with Crippen LogP contribution in [0.4, 0.5) is 11.4 Å². The summed E-state index contributed by atoms with van der Waals surface area (Å²) in [6.07, 6.45) is 0. The lowest BCUT2D eigenvalue weighted by molar-refractivity contribution is -0.133. The molecule has 0 unspecified atom stereocenters. The first kappa shape index (κ1) is 23.2. The third kappa shape index (κ3) is 4.83. The zero-order valence-electron chi connectivity index (χ0n) is 17.8. The number of hydrogen-bond acceptors (Lipinski definition) is 4. The van der Waals surface area contributed by atoms with Gasteiger partial charge in [0.2, 0.25) is 0 Å². The van der Waals surface area contributed by atoms with Crippen molar-refractivity contribution in [2.24, 2.45) is 0 Å². The Kier molecular flexibility index (Phi) is 6.72. The van der Waals surface area contributed by atoms with E-state index in [1.54, 1.807) is 66.7 Å². The molecule has 3 amide bonds. The normalized spacial score (nSPS) is 10.6. The molecular formula is C24H18Cl2N4O4. The van der Waals surface area contributed by atoms with E-state index >= 15 is 0 Å². The molecule has 10 heteroatoms. The molecule has 0 aliphatic carbocycles. The fourth-order valence-electron chi connectivity index (χ4n) is 3.31. The van der Waals surface area contributed by atoms with Crippen LogP contribution in [-0.2, 0) is 9.59 Å². The van der Waals surface area contributed by atoms with E-state index in [9.17, 15) is 14.4 Å². The van der Waals surface area contributed by atoms with Gasteiger partial charge in [-0.2, -0.15) is 0 Å². The summed E-state index contributed by atoms with van der Waals surface area (Å²) in [4.78, 5) is 38.3. The van der Waals surface area contributed by atoms with Crippen LogP contribution in [0.25, 0.3) is 10.9 Å². The van der Waals surface area contributed by atoms with E-state index in [1.807, 2.05) is 0 Å². The highest BCUT2D eigenvalue weighted by molar-refractivity contribution is 6.43. The van der Waals surface area contributed by atoms with E-state index in [0.29, 0.717) is 33.0 Å². The number of amides is 3. The van der Waals surface area contributed by atoms with Gasteiger partial charge < -0.3 is 15.4 Å². The summed E-state index contributed by atoms with van der Waals surface area (Å²) >= 11 is 12.0. The molecule has 0 fully saturated rings. The number of nitrogens with one attached hydrogen (secondary N) is 3. The van der Waals surface area contributed by atoms with E-state index in [1.165, 1.54) is 17.9 Å². The number of methoxy groups -OCH3 is 1. The van der Waals surface area contributed by atoms with Crippen molar-refractivity contribution in [1.82, 2.24) is 4.68 Å². The van der Waals surface area contributed by atoms with Gasteiger partial charge in [0.15, 0.2) is 0 Å². The average Bonchev–Trinajstić information content (AvgIpc) is 3.20. The molecule has 0 radical (unpaired) electrons. The molecule has 0 saturated carbocycles. The summed E-state index contributed by atoms with van der Waals surface area (Å²) in [6.45, 7) is 0. The van der Waals surface area contributed by atoms with Gasteiger partial charge in [-0.3, -0.25) is 19.8 Å². The standard InChI is InChI=1S/C24H18Cl2N4O4/c1-34-20-9-5-6-14-12-19(22(31)28-16-10-11-17(25)18(26)13-16)30(21(14)20)29-24(33)23(32)27-15-7-3-2-4-8-15/h2-13H,1H3,(H,27,32)(H,28,31)(H,29,33). The van der Waals surface area contributed by atoms with Crippen LogP contribution in [0, 0.1) is 0 Å².